The largest absolute Gasteiger partial charge is 0.653 e. The van der Waals surface area contributed by atoms with Gasteiger partial charge in [-0.15, -0.1) is 0 Å². The first-order valence-electron chi connectivity index (χ1n) is 7.21. The van der Waals surface area contributed by atoms with Gasteiger partial charge in [0.15, 0.2) is 5.56 Å². The van der Waals surface area contributed by atoms with Crippen molar-refractivity contribution in [1.29, 1.82) is 0 Å². The molecule has 2 rings (SSSR count). The molecule has 0 saturated heterocycles. The molecule has 0 radical (unpaired) electrons. The van der Waals surface area contributed by atoms with Crippen molar-refractivity contribution in [3.63, 3.8) is 0 Å². The fourth-order valence-electron chi connectivity index (χ4n) is 2.15. The van der Waals surface area contributed by atoms with Gasteiger partial charge in [0.2, 0.25) is 0 Å². The maximum absolute atomic E-state index is 12.0. The van der Waals surface area contributed by atoms with Crippen molar-refractivity contribution in [2.75, 3.05) is 0 Å². The van der Waals surface area contributed by atoms with Gasteiger partial charge in [0.1, 0.15) is 9.85 Å². The molecule has 0 amide bonds. The molecule has 0 aliphatic carbocycles. The zero-order chi connectivity index (χ0) is 20.0. The Bertz CT molecular complexity index is 843. The molecule has 0 N–H and O–H groups in total. The summed E-state index contributed by atoms with van der Waals surface area (Å²) in [6, 6.07) is 12.9. The quantitative estimate of drug-likeness (QED) is 0.305. The monoisotopic (exact) mass is 377 g/mol. The Morgan fingerprint density at radius 1 is 0.852 bits per heavy atom. The van der Waals surface area contributed by atoms with E-state index in [0.29, 0.717) is 0 Å². The van der Waals surface area contributed by atoms with Crippen LogP contribution >= 0.6 is 0 Å². The van der Waals surface area contributed by atoms with Gasteiger partial charge in [0, 0.05) is 0 Å². The Balaban J connectivity index is 2.35. The topological polar surface area (TPSA) is 165 Å². The zero-order valence-corrected chi connectivity index (χ0v) is 13.4. The summed E-state index contributed by atoms with van der Waals surface area (Å²) >= 11 is 0. The van der Waals surface area contributed by atoms with E-state index in [1.807, 2.05) is 0 Å². The zero-order valence-electron chi connectivity index (χ0n) is 13.4. The number of hydrogen-bond donors (Lipinski definition) is 0. The van der Waals surface area contributed by atoms with E-state index >= 15 is 0 Å². The molecule has 0 fully saturated rings. The number of carbonyl (C=O) groups excluding carboxylic acids is 1. The molecule has 1 unspecified atom stereocenters. The molecule has 0 aromatic heterocycles. The molecule has 0 aliphatic heterocycles. The van der Waals surface area contributed by atoms with Gasteiger partial charge in [0.05, 0.1) is 10.5 Å². The molecular weight excluding hydrogens is 366 g/mol. The molecule has 0 bridgehead atoms. The average Bonchev–Trinajstić information content (AvgIpc) is 2.64. The minimum atomic E-state index is -3.52. The molecule has 140 valence electrons. The summed E-state index contributed by atoms with van der Waals surface area (Å²) in [6.45, 7) is 0. The predicted molar refractivity (Wildman–Crippen MR) is 85.9 cm³/mol. The van der Waals surface area contributed by atoms with Gasteiger partial charge in [-0.2, -0.15) is 0 Å². The van der Waals surface area contributed by atoms with E-state index in [9.17, 15) is 35.1 Å². The van der Waals surface area contributed by atoms with Gasteiger partial charge in [-0.05, 0) is 24.3 Å². The minimum Gasteiger partial charge on any atom is -0.361 e. The standard InChI is InChI=1S/C15H11N3O9/c19-14(26-13(16(20)21)11-7-3-1-4-8-11)27-15(17(22)23,18(24)25)12-9-5-2-6-10-12/h1-10,13H. The van der Waals surface area contributed by atoms with Gasteiger partial charge in [-0.1, -0.05) is 36.4 Å². The van der Waals surface area contributed by atoms with Crippen molar-refractivity contribution in [2.24, 2.45) is 0 Å². The second-order valence-corrected chi connectivity index (χ2v) is 5.01. The van der Waals surface area contributed by atoms with Crippen LogP contribution in [0.1, 0.15) is 17.4 Å². The molecule has 2 aromatic rings. The van der Waals surface area contributed by atoms with Crippen LogP contribution in [-0.2, 0) is 15.3 Å². The Kier molecular flexibility index (Phi) is 5.60. The number of ether oxygens (including phenoxy) is 2. The number of benzene rings is 2. The lowest BCUT2D eigenvalue weighted by Crippen LogP contribution is -2.47. The highest BCUT2D eigenvalue weighted by atomic mass is 16.8. The number of rotatable bonds is 7. The van der Waals surface area contributed by atoms with Crippen LogP contribution in [0.15, 0.2) is 60.7 Å². The lowest BCUT2D eigenvalue weighted by molar-refractivity contribution is -0.859. The summed E-state index contributed by atoms with van der Waals surface area (Å²) in [4.78, 5) is 42.0. The van der Waals surface area contributed by atoms with Crippen molar-refractivity contribution < 1.29 is 29.0 Å². The minimum absolute atomic E-state index is 0.0630. The highest BCUT2D eigenvalue weighted by molar-refractivity contribution is 5.60. The van der Waals surface area contributed by atoms with Crippen LogP contribution in [0, 0.1) is 30.3 Å². The summed E-state index contributed by atoms with van der Waals surface area (Å²) < 4.78 is 8.89. The van der Waals surface area contributed by atoms with Crippen LogP contribution < -0.4 is 0 Å². The molecule has 2 aromatic carbocycles. The van der Waals surface area contributed by atoms with E-state index < -0.39 is 38.6 Å². The fourth-order valence-corrected chi connectivity index (χ4v) is 2.15. The Morgan fingerprint density at radius 2 is 1.33 bits per heavy atom. The van der Waals surface area contributed by atoms with Crippen molar-refractivity contribution in [1.82, 2.24) is 0 Å². The van der Waals surface area contributed by atoms with Crippen LogP contribution in [0.4, 0.5) is 4.79 Å². The van der Waals surface area contributed by atoms with E-state index in [2.05, 4.69) is 9.47 Å². The third-order valence-electron chi connectivity index (χ3n) is 3.35. The molecular formula is C15H11N3O9. The van der Waals surface area contributed by atoms with E-state index in [1.165, 1.54) is 42.5 Å². The predicted octanol–water partition coefficient (Wildman–Crippen LogP) is 2.48. The summed E-state index contributed by atoms with van der Waals surface area (Å²) in [7, 11) is 0. The number of hydrogen-bond acceptors (Lipinski definition) is 9. The molecule has 0 heterocycles. The Morgan fingerprint density at radius 3 is 1.78 bits per heavy atom. The lowest BCUT2D eigenvalue weighted by Gasteiger charge is -2.17. The Hall–Kier alpha value is -4.09. The van der Waals surface area contributed by atoms with E-state index in [0.717, 1.165) is 12.1 Å². The summed E-state index contributed by atoms with van der Waals surface area (Å²) in [5, 5.41) is 33.9. The summed E-state index contributed by atoms with van der Waals surface area (Å²) in [6.07, 6.45) is -4.01. The van der Waals surface area contributed by atoms with Crippen LogP contribution in [0.25, 0.3) is 0 Å². The maximum atomic E-state index is 12.0. The SMILES string of the molecule is O=C(OC(c1ccccc1)[N+](=O)[O-])OC(c1ccccc1)([N+](=O)[O-])[N+](=O)[O-]. The van der Waals surface area contributed by atoms with Gasteiger partial charge in [-0.25, -0.2) is 4.79 Å². The van der Waals surface area contributed by atoms with Crippen LogP contribution in [0.5, 0.6) is 0 Å². The van der Waals surface area contributed by atoms with Crippen LogP contribution in [0.2, 0.25) is 0 Å². The smallest absolute Gasteiger partial charge is 0.361 e. The number of carbonyl (C=O) groups is 1. The van der Waals surface area contributed by atoms with Gasteiger partial charge in [0.25, 0.3) is 0 Å². The Labute approximate surface area is 150 Å². The van der Waals surface area contributed by atoms with Crippen molar-refractivity contribution in [3.05, 3.63) is 102 Å². The summed E-state index contributed by atoms with van der Waals surface area (Å²) in [5.41, 5.74) is -0.638. The maximum Gasteiger partial charge on any atom is 0.653 e. The van der Waals surface area contributed by atoms with E-state index in [1.54, 1.807) is 6.07 Å². The highest BCUT2D eigenvalue weighted by Gasteiger charge is 2.64. The molecule has 0 saturated carbocycles. The first kappa shape index (κ1) is 19.2. The molecule has 0 aliphatic rings. The third kappa shape index (κ3) is 3.95. The second kappa shape index (κ2) is 7.86. The summed E-state index contributed by atoms with van der Waals surface area (Å²) in [5.74, 6) is -3.52. The van der Waals surface area contributed by atoms with E-state index in [-0.39, 0.29) is 5.56 Å². The molecule has 27 heavy (non-hydrogen) atoms. The lowest BCUT2D eigenvalue weighted by atomic mass is 10.1. The van der Waals surface area contributed by atoms with Crippen molar-refractivity contribution in [3.8, 4) is 0 Å². The molecule has 0 spiro atoms. The number of nitro groups is 3. The highest BCUT2D eigenvalue weighted by Crippen LogP contribution is 2.29. The average molecular weight is 377 g/mol. The second-order valence-electron chi connectivity index (χ2n) is 5.01. The van der Waals surface area contributed by atoms with Crippen LogP contribution in [0.3, 0.4) is 0 Å². The first-order valence-corrected chi connectivity index (χ1v) is 7.21. The fraction of sp³-hybridized carbons (Fsp3) is 0.133. The van der Waals surface area contributed by atoms with E-state index in [4.69, 9.17) is 0 Å². The third-order valence-corrected chi connectivity index (χ3v) is 3.35. The molecule has 1 atom stereocenters. The normalized spacial score (nSPS) is 11.9. The number of nitrogens with zero attached hydrogens (tertiary/aromatic N) is 3. The van der Waals surface area contributed by atoms with Crippen molar-refractivity contribution in [2.45, 2.75) is 12.1 Å². The molecule has 12 nitrogen and oxygen atoms in total. The molecule has 12 heteroatoms. The van der Waals surface area contributed by atoms with Crippen LogP contribution in [-0.4, -0.2) is 20.9 Å². The van der Waals surface area contributed by atoms with Gasteiger partial charge < -0.3 is 4.74 Å². The van der Waals surface area contributed by atoms with Crippen molar-refractivity contribution >= 4 is 6.16 Å². The van der Waals surface area contributed by atoms with Gasteiger partial charge in [-0.3, -0.25) is 35.1 Å². The van der Waals surface area contributed by atoms with Gasteiger partial charge >= 0.3 is 18.2 Å². The first-order chi connectivity index (χ1) is 12.8.